The molecule has 1 heterocycles. The zero-order chi connectivity index (χ0) is 12.3. The van der Waals surface area contributed by atoms with Gasteiger partial charge in [-0.05, 0) is 12.5 Å². The predicted molar refractivity (Wildman–Crippen MR) is 65.4 cm³/mol. The van der Waals surface area contributed by atoms with Gasteiger partial charge >= 0.3 is 0 Å². The molecule has 1 aromatic carbocycles. The van der Waals surface area contributed by atoms with Crippen molar-refractivity contribution in [2.24, 2.45) is 5.73 Å². The van der Waals surface area contributed by atoms with Crippen LogP contribution in [-0.4, -0.2) is 36.6 Å². The first-order valence-electron chi connectivity index (χ1n) is 5.89. The molecule has 4 nitrogen and oxygen atoms in total. The first-order valence-corrected chi connectivity index (χ1v) is 5.89. The molecule has 17 heavy (non-hydrogen) atoms. The standard InChI is InChI=1S/C13H18N2O2/c1-10-9-17-8-7-15(10)13(16)12(14)11-5-3-2-4-6-11/h2-6,10,12H,7-9,14H2,1H3/t10-,12?/m1/s1. The highest BCUT2D eigenvalue weighted by Crippen LogP contribution is 2.16. The fourth-order valence-corrected chi connectivity index (χ4v) is 2.04. The fraction of sp³-hybridized carbons (Fsp3) is 0.462. The van der Waals surface area contributed by atoms with E-state index in [0.29, 0.717) is 19.8 Å². The normalized spacial score (nSPS) is 22.2. The van der Waals surface area contributed by atoms with Crippen LogP contribution in [0.4, 0.5) is 0 Å². The number of hydrogen-bond acceptors (Lipinski definition) is 3. The third-order valence-corrected chi connectivity index (χ3v) is 3.08. The zero-order valence-electron chi connectivity index (χ0n) is 10.0. The molecule has 1 amide bonds. The summed E-state index contributed by atoms with van der Waals surface area (Å²) in [5, 5.41) is 0. The third-order valence-electron chi connectivity index (χ3n) is 3.08. The van der Waals surface area contributed by atoms with Crippen LogP contribution in [0.2, 0.25) is 0 Å². The Bertz CT molecular complexity index is 380. The SMILES string of the molecule is C[C@@H]1COCCN1C(=O)C(N)c1ccccc1. The lowest BCUT2D eigenvalue weighted by Gasteiger charge is -2.35. The van der Waals surface area contributed by atoms with Gasteiger partial charge in [0.1, 0.15) is 6.04 Å². The van der Waals surface area contributed by atoms with Crippen LogP contribution in [0.5, 0.6) is 0 Å². The summed E-state index contributed by atoms with van der Waals surface area (Å²) in [5.74, 6) is -0.0213. The lowest BCUT2D eigenvalue weighted by atomic mass is 10.1. The number of nitrogens with two attached hydrogens (primary N) is 1. The second kappa shape index (κ2) is 5.29. The third kappa shape index (κ3) is 2.65. The van der Waals surface area contributed by atoms with Gasteiger partial charge in [0.05, 0.1) is 19.3 Å². The van der Waals surface area contributed by atoms with Crippen LogP contribution in [0.25, 0.3) is 0 Å². The van der Waals surface area contributed by atoms with E-state index in [0.717, 1.165) is 5.56 Å². The van der Waals surface area contributed by atoms with Crippen LogP contribution in [-0.2, 0) is 9.53 Å². The minimum Gasteiger partial charge on any atom is -0.377 e. The number of carbonyl (C=O) groups excluding carboxylic acids is 1. The average Bonchev–Trinajstić information content (AvgIpc) is 2.39. The van der Waals surface area contributed by atoms with E-state index in [1.165, 1.54) is 0 Å². The van der Waals surface area contributed by atoms with Crippen molar-refractivity contribution in [1.82, 2.24) is 4.90 Å². The molecule has 0 radical (unpaired) electrons. The average molecular weight is 234 g/mol. The maximum absolute atomic E-state index is 12.3. The molecule has 1 aromatic rings. The molecule has 1 aliphatic heterocycles. The van der Waals surface area contributed by atoms with E-state index in [9.17, 15) is 4.79 Å². The van der Waals surface area contributed by atoms with Gasteiger partial charge in [0.2, 0.25) is 5.91 Å². The second-order valence-electron chi connectivity index (χ2n) is 4.34. The molecule has 1 fully saturated rings. The number of nitrogens with zero attached hydrogens (tertiary/aromatic N) is 1. The van der Waals surface area contributed by atoms with E-state index in [4.69, 9.17) is 10.5 Å². The molecular weight excluding hydrogens is 216 g/mol. The van der Waals surface area contributed by atoms with Crippen molar-refractivity contribution in [3.05, 3.63) is 35.9 Å². The molecule has 0 bridgehead atoms. The Hall–Kier alpha value is -1.39. The number of ether oxygens (including phenoxy) is 1. The van der Waals surface area contributed by atoms with Crippen molar-refractivity contribution in [2.45, 2.75) is 19.0 Å². The summed E-state index contributed by atoms with van der Waals surface area (Å²) < 4.78 is 5.31. The van der Waals surface area contributed by atoms with E-state index in [1.807, 2.05) is 37.3 Å². The summed E-state index contributed by atoms with van der Waals surface area (Å²) in [6, 6.07) is 9.00. The number of carbonyl (C=O) groups is 1. The van der Waals surface area contributed by atoms with Gasteiger partial charge in [0.25, 0.3) is 0 Å². The van der Waals surface area contributed by atoms with Gasteiger partial charge in [-0.1, -0.05) is 30.3 Å². The van der Waals surface area contributed by atoms with Crippen molar-refractivity contribution in [3.63, 3.8) is 0 Å². The Morgan fingerprint density at radius 3 is 2.82 bits per heavy atom. The number of hydrogen-bond donors (Lipinski definition) is 1. The van der Waals surface area contributed by atoms with Gasteiger partial charge in [-0.2, -0.15) is 0 Å². The highest BCUT2D eigenvalue weighted by molar-refractivity contribution is 5.83. The fourth-order valence-electron chi connectivity index (χ4n) is 2.04. The van der Waals surface area contributed by atoms with E-state index in [2.05, 4.69) is 0 Å². The van der Waals surface area contributed by atoms with Crippen molar-refractivity contribution in [3.8, 4) is 0 Å². The topological polar surface area (TPSA) is 55.6 Å². The van der Waals surface area contributed by atoms with Crippen LogP contribution in [0, 0.1) is 0 Å². The van der Waals surface area contributed by atoms with Crippen molar-refractivity contribution in [1.29, 1.82) is 0 Å². The van der Waals surface area contributed by atoms with Crippen LogP contribution in [0.3, 0.4) is 0 Å². The molecule has 4 heteroatoms. The Balaban J connectivity index is 2.09. The maximum Gasteiger partial charge on any atom is 0.244 e. The lowest BCUT2D eigenvalue weighted by Crippen LogP contribution is -2.50. The molecule has 1 saturated heterocycles. The quantitative estimate of drug-likeness (QED) is 0.828. The number of rotatable bonds is 2. The van der Waals surface area contributed by atoms with Gasteiger partial charge in [0, 0.05) is 6.54 Å². The van der Waals surface area contributed by atoms with Crippen LogP contribution in [0.15, 0.2) is 30.3 Å². The summed E-state index contributed by atoms with van der Waals surface area (Å²) in [6.45, 7) is 3.79. The molecule has 0 spiro atoms. The zero-order valence-corrected chi connectivity index (χ0v) is 10.0. The maximum atomic E-state index is 12.3. The number of amides is 1. The van der Waals surface area contributed by atoms with E-state index < -0.39 is 6.04 Å². The Labute approximate surface area is 101 Å². The molecular formula is C13H18N2O2. The van der Waals surface area contributed by atoms with E-state index >= 15 is 0 Å². The molecule has 2 rings (SSSR count). The largest absolute Gasteiger partial charge is 0.377 e. The Kier molecular flexibility index (Phi) is 3.76. The highest BCUT2D eigenvalue weighted by Gasteiger charge is 2.28. The van der Waals surface area contributed by atoms with Crippen LogP contribution >= 0.6 is 0 Å². The molecule has 2 atom stereocenters. The monoisotopic (exact) mass is 234 g/mol. The van der Waals surface area contributed by atoms with Gasteiger partial charge in [0.15, 0.2) is 0 Å². The summed E-state index contributed by atoms with van der Waals surface area (Å²) in [7, 11) is 0. The van der Waals surface area contributed by atoms with Crippen molar-refractivity contribution < 1.29 is 9.53 Å². The highest BCUT2D eigenvalue weighted by atomic mass is 16.5. The minimum atomic E-state index is -0.572. The predicted octanol–water partition coefficient (Wildman–Crippen LogP) is 0.934. The first kappa shape index (κ1) is 12.1. The van der Waals surface area contributed by atoms with E-state index in [-0.39, 0.29) is 11.9 Å². The number of benzene rings is 1. The second-order valence-corrected chi connectivity index (χ2v) is 4.34. The molecule has 92 valence electrons. The summed E-state index contributed by atoms with van der Waals surface area (Å²) in [5.41, 5.74) is 6.86. The lowest BCUT2D eigenvalue weighted by molar-refractivity contribution is -0.140. The molecule has 1 unspecified atom stereocenters. The Morgan fingerprint density at radius 2 is 2.18 bits per heavy atom. The van der Waals surface area contributed by atoms with Gasteiger partial charge < -0.3 is 15.4 Å². The smallest absolute Gasteiger partial charge is 0.244 e. The van der Waals surface area contributed by atoms with Crippen molar-refractivity contribution >= 4 is 5.91 Å². The molecule has 2 N–H and O–H groups in total. The Morgan fingerprint density at radius 1 is 1.47 bits per heavy atom. The molecule has 0 saturated carbocycles. The molecule has 0 aliphatic carbocycles. The summed E-state index contributed by atoms with van der Waals surface area (Å²) in [4.78, 5) is 14.1. The van der Waals surface area contributed by atoms with Crippen molar-refractivity contribution in [2.75, 3.05) is 19.8 Å². The number of morpholine rings is 1. The summed E-state index contributed by atoms with van der Waals surface area (Å²) >= 11 is 0. The van der Waals surface area contributed by atoms with Gasteiger partial charge in [-0.25, -0.2) is 0 Å². The van der Waals surface area contributed by atoms with Gasteiger partial charge in [-0.3, -0.25) is 4.79 Å². The summed E-state index contributed by atoms with van der Waals surface area (Å²) in [6.07, 6.45) is 0. The molecule has 0 aromatic heterocycles. The van der Waals surface area contributed by atoms with Crippen LogP contribution < -0.4 is 5.73 Å². The van der Waals surface area contributed by atoms with E-state index in [1.54, 1.807) is 4.90 Å². The molecule has 1 aliphatic rings. The minimum absolute atomic E-state index is 0.0213. The van der Waals surface area contributed by atoms with Gasteiger partial charge in [-0.15, -0.1) is 0 Å². The van der Waals surface area contributed by atoms with Crippen LogP contribution in [0.1, 0.15) is 18.5 Å². The first-order chi connectivity index (χ1) is 8.20.